The van der Waals surface area contributed by atoms with Crippen molar-refractivity contribution in [3.05, 3.63) is 30.5 Å². The quantitative estimate of drug-likeness (QED) is 0.813. The first-order valence-corrected chi connectivity index (χ1v) is 7.56. The average Bonchev–Trinajstić information content (AvgIpc) is 2.56. The molecule has 2 N–H and O–H groups in total. The van der Waals surface area contributed by atoms with Crippen LogP contribution in [0.5, 0.6) is 5.75 Å². The molecule has 0 saturated heterocycles. The normalized spacial score (nSPS) is 10.9. The second-order valence-electron chi connectivity index (χ2n) is 5.03. The lowest BCUT2D eigenvalue weighted by molar-refractivity contribution is -0.0489. The number of benzene rings is 1. The van der Waals surface area contributed by atoms with Crippen LogP contribution >= 0.6 is 0 Å². The SMILES string of the molecule is CCCN(CCO)C(=O)Nc1ccc(OC(F)F)c2ncccc12. The van der Waals surface area contributed by atoms with Crippen LogP contribution in [-0.4, -0.2) is 47.3 Å². The van der Waals surface area contributed by atoms with Crippen molar-refractivity contribution in [2.45, 2.75) is 20.0 Å². The van der Waals surface area contributed by atoms with Crippen LogP contribution in [0, 0.1) is 0 Å². The minimum atomic E-state index is -2.96. The molecular weight excluding hydrogens is 320 g/mol. The Kier molecular flexibility index (Phi) is 6.25. The molecule has 6 nitrogen and oxygen atoms in total. The summed E-state index contributed by atoms with van der Waals surface area (Å²) in [6.45, 7) is -0.470. The van der Waals surface area contributed by atoms with E-state index in [9.17, 15) is 13.6 Å². The zero-order valence-corrected chi connectivity index (χ0v) is 13.2. The molecule has 0 aliphatic carbocycles. The number of urea groups is 1. The number of aliphatic hydroxyl groups is 1. The van der Waals surface area contributed by atoms with Gasteiger partial charge in [0.1, 0.15) is 5.52 Å². The number of hydrogen-bond donors (Lipinski definition) is 2. The number of hydrogen-bond acceptors (Lipinski definition) is 4. The number of carbonyl (C=O) groups is 1. The third kappa shape index (κ3) is 4.29. The highest BCUT2D eigenvalue weighted by Crippen LogP contribution is 2.31. The summed E-state index contributed by atoms with van der Waals surface area (Å²) in [6, 6.07) is 5.75. The van der Waals surface area contributed by atoms with E-state index in [0.29, 0.717) is 17.6 Å². The number of anilines is 1. The van der Waals surface area contributed by atoms with Crippen molar-refractivity contribution in [2.75, 3.05) is 25.0 Å². The van der Waals surface area contributed by atoms with E-state index in [1.54, 1.807) is 12.1 Å². The number of rotatable bonds is 7. The number of amides is 2. The lowest BCUT2D eigenvalue weighted by atomic mass is 10.1. The number of pyridine rings is 1. The molecule has 24 heavy (non-hydrogen) atoms. The third-order valence-corrected chi connectivity index (χ3v) is 3.34. The predicted octanol–water partition coefficient (Wildman–Crippen LogP) is 3.07. The summed E-state index contributed by atoms with van der Waals surface area (Å²) in [4.78, 5) is 17.9. The molecule has 0 bridgehead atoms. The van der Waals surface area contributed by atoms with Crippen LogP contribution in [0.1, 0.15) is 13.3 Å². The van der Waals surface area contributed by atoms with Crippen molar-refractivity contribution >= 4 is 22.6 Å². The van der Waals surface area contributed by atoms with E-state index >= 15 is 0 Å². The lowest BCUT2D eigenvalue weighted by Crippen LogP contribution is -2.37. The number of alkyl halides is 2. The summed E-state index contributed by atoms with van der Waals surface area (Å²) in [6.07, 6.45) is 2.21. The van der Waals surface area contributed by atoms with Gasteiger partial charge in [-0.05, 0) is 30.7 Å². The van der Waals surface area contributed by atoms with E-state index in [2.05, 4.69) is 15.0 Å². The second kappa shape index (κ2) is 8.39. The molecule has 2 aromatic rings. The molecular formula is C16H19F2N3O3. The molecule has 8 heteroatoms. The smallest absolute Gasteiger partial charge is 0.387 e. The number of aromatic nitrogens is 1. The number of nitrogens with zero attached hydrogens (tertiary/aromatic N) is 2. The van der Waals surface area contributed by atoms with Crippen LogP contribution < -0.4 is 10.1 Å². The summed E-state index contributed by atoms with van der Waals surface area (Å²) < 4.78 is 29.4. The van der Waals surface area contributed by atoms with Gasteiger partial charge in [-0.15, -0.1) is 0 Å². The Hall–Kier alpha value is -2.48. The topological polar surface area (TPSA) is 74.7 Å². The summed E-state index contributed by atoms with van der Waals surface area (Å²) in [5, 5.41) is 12.3. The molecule has 0 aliphatic heterocycles. The Balaban J connectivity index is 2.31. The molecule has 0 spiro atoms. The van der Waals surface area contributed by atoms with Gasteiger partial charge < -0.3 is 20.1 Å². The van der Waals surface area contributed by atoms with E-state index in [1.165, 1.54) is 23.2 Å². The van der Waals surface area contributed by atoms with Crippen molar-refractivity contribution in [1.82, 2.24) is 9.88 Å². The fourth-order valence-corrected chi connectivity index (χ4v) is 2.35. The molecule has 1 aromatic heterocycles. The van der Waals surface area contributed by atoms with Crippen LogP contribution in [0.15, 0.2) is 30.5 Å². The Morgan fingerprint density at radius 3 is 2.83 bits per heavy atom. The Morgan fingerprint density at radius 1 is 1.38 bits per heavy atom. The molecule has 0 aliphatic rings. The highest BCUT2D eigenvalue weighted by Gasteiger charge is 2.16. The van der Waals surface area contributed by atoms with Crippen molar-refractivity contribution in [2.24, 2.45) is 0 Å². The monoisotopic (exact) mass is 339 g/mol. The Morgan fingerprint density at radius 2 is 2.17 bits per heavy atom. The molecule has 130 valence electrons. The third-order valence-electron chi connectivity index (χ3n) is 3.34. The van der Waals surface area contributed by atoms with E-state index < -0.39 is 6.61 Å². The standard InChI is InChI=1S/C16H19F2N3O3/c1-2-8-21(9-10-22)16(23)20-12-5-6-13(24-15(17)18)14-11(12)4-3-7-19-14/h3-7,15,22H,2,8-10H2,1H3,(H,20,23). The zero-order chi connectivity index (χ0) is 17.5. The van der Waals surface area contributed by atoms with E-state index in [4.69, 9.17) is 5.11 Å². The minimum absolute atomic E-state index is 0.0561. The average molecular weight is 339 g/mol. The Bertz CT molecular complexity index is 691. The van der Waals surface area contributed by atoms with Crippen molar-refractivity contribution < 1.29 is 23.4 Å². The van der Waals surface area contributed by atoms with Gasteiger partial charge in [-0.1, -0.05) is 6.92 Å². The van der Waals surface area contributed by atoms with Gasteiger partial charge in [-0.25, -0.2) is 4.79 Å². The minimum Gasteiger partial charge on any atom is -0.432 e. The predicted molar refractivity (Wildman–Crippen MR) is 86.3 cm³/mol. The lowest BCUT2D eigenvalue weighted by Gasteiger charge is -2.22. The summed E-state index contributed by atoms with van der Waals surface area (Å²) >= 11 is 0. The Labute approximate surface area is 138 Å². The van der Waals surface area contributed by atoms with Crippen molar-refractivity contribution in [3.8, 4) is 5.75 Å². The van der Waals surface area contributed by atoms with Gasteiger partial charge in [-0.3, -0.25) is 4.98 Å². The number of fused-ring (bicyclic) bond motifs is 1. The molecule has 0 fully saturated rings. The first-order chi connectivity index (χ1) is 11.6. The molecule has 1 aromatic carbocycles. The van der Waals surface area contributed by atoms with Gasteiger partial charge in [-0.2, -0.15) is 8.78 Å². The van der Waals surface area contributed by atoms with Gasteiger partial charge in [0.25, 0.3) is 0 Å². The van der Waals surface area contributed by atoms with Crippen LogP contribution in [0.3, 0.4) is 0 Å². The molecule has 2 amide bonds. The number of halogens is 2. The van der Waals surface area contributed by atoms with Gasteiger partial charge in [0.2, 0.25) is 0 Å². The van der Waals surface area contributed by atoms with E-state index in [0.717, 1.165) is 6.42 Å². The number of aliphatic hydroxyl groups excluding tert-OH is 1. The number of nitrogens with one attached hydrogen (secondary N) is 1. The van der Waals surface area contributed by atoms with Crippen molar-refractivity contribution in [3.63, 3.8) is 0 Å². The summed E-state index contributed by atoms with van der Waals surface area (Å²) in [5.41, 5.74) is 0.670. The second-order valence-corrected chi connectivity index (χ2v) is 5.03. The van der Waals surface area contributed by atoms with Gasteiger partial charge in [0, 0.05) is 24.7 Å². The van der Waals surface area contributed by atoms with Gasteiger partial charge in [0.15, 0.2) is 5.75 Å². The maximum absolute atomic E-state index is 12.5. The first-order valence-electron chi connectivity index (χ1n) is 7.56. The zero-order valence-electron chi connectivity index (χ0n) is 13.2. The maximum Gasteiger partial charge on any atom is 0.387 e. The number of ether oxygens (including phenoxy) is 1. The summed E-state index contributed by atoms with van der Waals surface area (Å²) in [7, 11) is 0. The highest BCUT2D eigenvalue weighted by atomic mass is 19.3. The largest absolute Gasteiger partial charge is 0.432 e. The van der Waals surface area contributed by atoms with Gasteiger partial charge >= 0.3 is 12.6 Å². The number of carbonyl (C=O) groups excluding carboxylic acids is 1. The molecule has 0 unspecified atom stereocenters. The maximum atomic E-state index is 12.5. The van der Waals surface area contributed by atoms with Crippen molar-refractivity contribution in [1.29, 1.82) is 0 Å². The molecule has 2 rings (SSSR count). The van der Waals surface area contributed by atoms with Crippen LogP contribution in [0.25, 0.3) is 10.9 Å². The fraction of sp³-hybridized carbons (Fsp3) is 0.375. The van der Waals surface area contributed by atoms with Crippen LogP contribution in [-0.2, 0) is 0 Å². The molecule has 0 radical (unpaired) electrons. The molecule has 0 saturated carbocycles. The van der Waals surface area contributed by atoms with Crippen LogP contribution in [0.4, 0.5) is 19.3 Å². The van der Waals surface area contributed by atoms with E-state index in [-0.39, 0.29) is 30.4 Å². The van der Waals surface area contributed by atoms with Gasteiger partial charge in [0.05, 0.1) is 12.3 Å². The fourth-order valence-electron chi connectivity index (χ4n) is 2.35. The summed E-state index contributed by atoms with van der Waals surface area (Å²) in [5.74, 6) is -0.0561. The first kappa shape index (κ1) is 17.9. The van der Waals surface area contributed by atoms with Crippen LogP contribution in [0.2, 0.25) is 0 Å². The molecule has 0 atom stereocenters. The molecule has 1 heterocycles. The highest BCUT2D eigenvalue weighted by molar-refractivity contribution is 6.02. The van der Waals surface area contributed by atoms with E-state index in [1.807, 2.05) is 6.92 Å².